The first-order chi connectivity index (χ1) is 14.6. The van der Waals surface area contributed by atoms with Crippen LogP contribution in [0.4, 0.5) is 24.5 Å². The number of halogens is 4. The number of hydrogen-bond acceptors (Lipinski definition) is 4. The molecule has 11 heteroatoms. The first kappa shape index (κ1) is 21.9. The van der Waals surface area contributed by atoms with E-state index in [0.29, 0.717) is 28.6 Å². The van der Waals surface area contributed by atoms with Gasteiger partial charge in [-0.2, -0.15) is 17.5 Å². The van der Waals surface area contributed by atoms with E-state index >= 15 is 0 Å². The van der Waals surface area contributed by atoms with Gasteiger partial charge in [-0.05, 0) is 29.8 Å². The van der Waals surface area contributed by atoms with Crippen molar-refractivity contribution >= 4 is 38.9 Å². The Labute approximate surface area is 182 Å². The fourth-order valence-corrected chi connectivity index (χ4v) is 6.08. The van der Waals surface area contributed by atoms with E-state index in [1.54, 1.807) is 30.3 Å². The van der Waals surface area contributed by atoms with Crippen molar-refractivity contribution in [1.82, 2.24) is 4.31 Å². The Bertz CT molecular complexity index is 1100. The molecule has 0 spiro atoms. The van der Waals surface area contributed by atoms with E-state index in [0.717, 1.165) is 5.69 Å². The van der Waals surface area contributed by atoms with Crippen molar-refractivity contribution in [3.63, 3.8) is 0 Å². The zero-order valence-corrected chi connectivity index (χ0v) is 17.8. The van der Waals surface area contributed by atoms with Gasteiger partial charge in [0.25, 0.3) is 0 Å². The summed E-state index contributed by atoms with van der Waals surface area (Å²) in [5, 5.41) is -1.07. The van der Waals surface area contributed by atoms with Crippen LogP contribution in [-0.4, -0.2) is 56.4 Å². The van der Waals surface area contributed by atoms with Crippen molar-refractivity contribution in [3.05, 3.63) is 59.1 Å². The summed E-state index contributed by atoms with van der Waals surface area (Å²) in [4.78, 5) is 14.5. The first-order valence-electron chi connectivity index (χ1n) is 9.57. The summed E-state index contributed by atoms with van der Waals surface area (Å²) < 4.78 is 67.6. The quantitative estimate of drug-likeness (QED) is 0.686. The maximum Gasteiger partial charge on any atom is 0.471 e. The number of para-hydroxylation sites is 1. The van der Waals surface area contributed by atoms with Crippen LogP contribution < -0.4 is 9.80 Å². The van der Waals surface area contributed by atoms with E-state index in [4.69, 9.17) is 11.6 Å². The highest BCUT2D eigenvalue weighted by Gasteiger charge is 2.52. The zero-order chi connectivity index (χ0) is 22.4. The van der Waals surface area contributed by atoms with E-state index in [-0.39, 0.29) is 25.2 Å². The van der Waals surface area contributed by atoms with Crippen LogP contribution in [0.3, 0.4) is 0 Å². The normalized spacial score (nSPS) is 20.1. The molecular formula is C20H19ClF3N3O3S. The number of nitrogens with zero attached hydrogens (tertiary/aromatic N) is 3. The number of rotatable bonds is 3. The van der Waals surface area contributed by atoms with Crippen molar-refractivity contribution in [2.75, 3.05) is 36.0 Å². The maximum atomic E-state index is 13.3. The average Bonchev–Trinajstić information content (AvgIpc) is 3.13. The van der Waals surface area contributed by atoms with Crippen LogP contribution in [0.5, 0.6) is 0 Å². The van der Waals surface area contributed by atoms with E-state index in [1.807, 2.05) is 11.0 Å². The number of hydrogen-bond donors (Lipinski definition) is 0. The predicted octanol–water partition coefficient (Wildman–Crippen LogP) is 3.27. The Morgan fingerprint density at radius 2 is 1.68 bits per heavy atom. The first-order valence-corrected chi connectivity index (χ1v) is 11.4. The fourth-order valence-electron chi connectivity index (χ4n) is 4.01. The van der Waals surface area contributed by atoms with Gasteiger partial charge >= 0.3 is 12.1 Å². The van der Waals surface area contributed by atoms with Crippen LogP contribution in [0.2, 0.25) is 5.02 Å². The summed E-state index contributed by atoms with van der Waals surface area (Å²) >= 11 is 6.02. The number of sulfonamides is 1. The molecule has 2 heterocycles. The third-order valence-corrected chi connectivity index (χ3v) is 7.90. The molecule has 1 saturated heterocycles. The summed E-state index contributed by atoms with van der Waals surface area (Å²) in [6.45, 7) is 0.893. The molecular weight excluding hydrogens is 455 g/mol. The molecule has 0 aliphatic carbocycles. The molecule has 0 unspecified atom stereocenters. The lowest BCUT2D eigenvalue weighted by Crippen LogP contribution is -2.56. The lowest BCUT2D eigenvalue weighted by molar-refractivity contribution is -0.170. The van der Waals surface area contributed by atoms with Crippen LogP contribution in [0.25, 0.3) is 0 Å². The summed E-state index contributed by atoms with van der Waals surface area (Å²) in [6.07, 6.45) is -5.37. The zero-order valence-electron chi connectivity index (χ0n) is 16.2. The average molecular weight is 474 g/mol. The molecule has 2 aliphatic rings. The number of benzene rings is 2. The minimum Gasteiger partial charge on any atom is -0.369 e. The molecule has 2 aliphatic heterocycles. The molecule has 1 amide bonds. The Balaban J connectivity index is 1.57. The second kappa shape index (κ2) is 7.99. The lowest BCUT2D eigenvalue weighted by atomic mass is 10.2. The van der Waals surface area contributed by atoms with Crippen LogP contribution in [0, 0.1) is 0 Å². The van der Waals surface area contributed by atoms with Crippen LogP contribution in [-0.2, 0) is 21.2 Å². The Morgan fingerprint density at radius 1 is 1.00 bits per heavy atom. The van der Waals surface area contributed by atoms with Gasteiger partial charge in [-0.15, -0.1) is 0 Å². The SMILES string of the molecule is O=C(N1c2ccccc2C[C@@H]1S(=O)(=O)N1CCN(c2cccc(Cl)c2)CC1)C(F)(F)F. The smallest absolute Gasteiger partial charge is 0.369 e. The van der Waals surface area contributed by atoms with Crippen molar-refractivity contribution in [3.8, 4) is 0 Å². The number of carbonyl (C=O) groups is 1. The topological polar surface area (TPSA) is 60.9 Å². The number of fused-ring (bicyclic) bond motifs is 1. The van der Waals surface area contributed by atoms with E-state index in [1.165, 1.54) is 16.4 Å². The van der Waals surface area contributed by atoms with Gasteiger partial charge in [-0.1, -0.05) is 35.9 Å². The van der Waals surface area contributed by atoms with Crippen molar-refractivity contribution < 1.29 is 26.4 Å². The van der Waals surface area contributed by atoms with Gasteiger partial charge in [0, 0.05) is 49.0 Å². The van der Waals surface area contributed by atoms with Gasteiger partial charge < -0.3 is 4.90 Å². The molecule has 1 atom stereocenters. The van der Waals surface area contributed by atoms with E-state index in [2.05, 4.69) is 0 Å². The van der Waals surface area contributed by atoms with Crippen LogP contribution >= 0.6 is 11.6 Å². The summed E-state index contributed by atoms with van der Waals surface area (Å²) in [6, 6.07) is 13.1. The Kier molecular flexibility index (Phi) is 5.65. The van der Waals surface area contributed by atoms with Gasteiger partial charge in [0.05, 0.1) is 0 Å². The minimum atomic E-state index is -5.18. The number of alkyl halides is 3. The molecule has 0 N–H and O–H groups in total. The molecule has 0 saturated carbocycles. The monoisotopic (exact) mass is 473 g/mol. The number of carbonyl (C=O) groups excluding carboxylic acids is 1. The van der Waals surface area contributed by atoms with Gasteiger partial charge in [0.2, 0.25) is 10.0 Å². The third-order valence-electron chi connectivity index (χ3n) is 5.51. The molecule has 4 rings (SSSR count). The lowest BCUT2D eigenvalue weighted by Gasteiger charge is -2.38. The van der Waals surface area contributed by atoms with Crippen molar-refractivity contribution in [2.24, 2.45) is 0 Å². The van der Waals surface area contributed by atoms with Gasteiger partial charge in [-0.3, -0.25) is 9.69 Å². The predicted molar refractivity (Wildman–Crippen MR) is 112 cm³/mol. The molecule has 166 valence electrons. The van der Waals surface area contributed by atoms with Crippen LogP contribution in [0.15, 0.2) is 48.5 Å². The summed E-state index contributed by atoms with van der Waals surface area (Å²) in [7, 11) is -4.21. The third kappa shape index (κ3) is 4.11. The molecule has 0 bridgehead atoms. The summed E-state index contributed by atoms with van der Waals surface area (Å²) in [5.41, 5.74) is 1.22. The molecule has 2 aromatic rings. The molecule has 6 nitrogen and oxygen atoms in total. The Morgan fingerprint density at radius 3 is 2.32 bits per heavy atom. The number of amides is 1. The minimum absolute atomic E-state index is 0.0176. The highest BCUT2D eigenvalue weighted by molar-refractivity contribution is 7.89. The largest absolute Gasteiger partial charge is 0.471 e. The van der Waals surface area contributed by atoms with Crippen molar-refractivity contribution in [1.29, 1.82) is 0 Å². The van der Waals surface area contributed by atoms with E-state index in [9.17, 15) is 26.4 Å². The second-order valence-electron chi connectivity index (χ2n) is 7.37. The number of piperazine rings is 1. The Hall–Kier alpha value is -2.30. The van der Waals surface area contributed by atoms with Crippen LogP contribution in [0.1, 0.15) is 5.56 Å². The molecule has 0 radical (unpaired) electrons. The second-order valence-corrected chi connectivity index (χ2v) is 9.90. The van der Waals surface area contributed by atoms with Gasteiger partial charge in [0.15, 0.2) is 5.37 Å². The van der Waals surface area contributed by atoms with Crippen molar-refractivity contribution in [2.45, 2.75) is 18.0 Å². The molecule has 1 fully saturated rings. The maximum absolute atomic E-state index is 13.3. The molecule has 2 aromatic carbocycles. The molecule has 0 aromatic heterocycles. The van der Waals surface area contributed by atoms with Gasteiger partial charge in [-0.25, -0.2) is 8.42 Å². The number of anilines is 2. The highest BCUT2D eigenvalue weighted by atomic mass is 35.5. The summed E-state index contributed by atoms with van der Waals surface area (Å²) in [5.74, 6) is -2.18. The highest BCUT2D eigenvalue weighted by Crippen LogP contribution is 2.38. The van der Waals surface area contributed by atoms with E-state index < -0.39 is 27.5 Å². The fraction of sp³-hybridized carbons (Fsp3) is 0.350. The van der Waals surface area contributed by atoms with Gasteiger partial charge in [0.1, 0.15) is 0 Å². The standard InChI is InChI=1S/C20H19ClF3N3O3S/c21-15-5-3-6-16(13-15)25-8-10-26(11-9-25)31(29,30)18-12-14-4-1-2-7-17(14)27(18)19(28)20(22,23)24/h1-7,13,18H,8-12H2/t18-/m0/s1. The molecule has 31 heavy (non-hydrogen) atoms.